The molecule has 2 aliphatic carbocycles. The molecule has 4 aromatic carbocycles. The predicted octanol–water partition coefficient (Wildman–Crippen LogP) is 9.07. The van der Waals surface area contributed by atoms with Crippen molar-refractivity contribution in [2.24, 2.45) is 0 Å². The highest BCUT2D eigenvalue weighted by atomic mass is 14.3. The molecule has 35 heavy (non-hydrogen) atoms. The van der Waals surface area contributed by atoms with E-state index in [1.54, 1.807) is 0 Å². The number of hydrogen-bond donors (Lipinski definition) is 0. The number of fused-ring (bicyclic) bond motifs is 2. The van der Waals surface area contributed by atoms with Crippen molar-refractivity contribution in [3.05, 3.63) is 153 Å². The van der Waals surface area contributed by atoms with Crippen LogP contribution in [-0.4, -0.2) is 0 Å². The zero-order valence-electron chi connectivity index (χ0n) is 21.1. The summed E-state index contributed by atoms with van der Waals surface area (Å²) in [4.78, 5) is 0. The molecule has 2 atom stereocenters. The SMILES string of the molecule is Cc1cc(C)c2c(c1)C(CC1=CC(c3ccccc3)c3c(C)cc(C)cc31)=CC2c1ccccc1. The van der Waals surface area contributed by atoms with E-state index in [1.807, 2.05) is 0 Å². The summed E-state index contributed by atoms with van der Waals surface area (Å²) in [5, 5.41) is 0. The first-order valence-corrected chi connectivity index (χ1v) is 12.7. The molecule has 0 N–H and O–H groups in total. The lowest BCUT2D eigenvalue weighted by atomic mass is 9.88. The Morgan fingerprint density at radius 3 is 1.31 bits per heavy atom. The molecule has 0 spiro atoms. The largest absolute Gasteiger partial charge is 0.0684 e. The van der Waals surface area contributed by atoms with Gasteiger partial charge in [-0.2, -0.15) is 0 Å². The highest BCUT2D eigenvalue weighted by Gasteiger charge is 2.31. The molecule has 0 aromatic heterocycles. The lowest BCUT2D eigenvalue weighted by molar-refractivity contribution is 1.03. The van der Waals surface area contributed by atoms with Gasteiger partial charge in [0.1, 0.15) is 0 Å². The van der Waals surface area contributed by atoms with Gasteiger partial charge in [0, 0.05) is 11.8 Å². The second kappa shape index (κ2) is 8.54. The van der Waals surface area contributed by atoms with Crippen molar-refractivity contribution in [2.75, 3.05) is 0 Å². The van der Waals surface area contributed by atoms with Gasteiger partial charge in [-0.25, -0.2) is 0 Å². The molecule has 0 aliphatic heterocycles. The first-order valence-electron chi connectivity index (χ1n) is 12.7. The van der Waals surface area contributed by atoms with E-state index in [2.05, 4.69) is 125 Å². The molecule has 0 saturated carbocycles. The first kappa shape index (κ1) is 21.9. The van der Waals surface area contributed by atoms with E-state index in [1.165, 1.54) is 66.8 Å². The van der Waals surface area contributed by atoms with Crippen molar-refractivity contribution >= 4 is 11.1 Å². The molecular formula is C35H32. The number of allylic oxidation sites excluding steroid dienone is 4. The average molecular weight is 453 g/mol. The number of benzene rings is 4. The second-order valence-electron chi connectivity index (χ2n) is 10.4. The molecule has 2 aliphatic rings. The molecule has 2 unspecified atom stereocenters. The van der Waals surface area contributed by atoms with E-state index in [4.69, 9.17) is 0 Å². The van der Waals surface area contributed by atoms with Crippen LogP contribution in [0, 0.1) is 27.7 Å². The molecule has 172 valence electrons. The summed E-state index contributed by atoms with van der Waals surface area (Å²) in [7, 11) is 0. The topological polar surface area (TPSA) is 0 Å². The van der Waals surface area contributed by atoms with E-state index in [-0.39, 0.29) is 0 Å². The Morgan fingerprint density at radius 2 is 0.914 bits per heavy atom. The van der Waals surface area contributed by atoms with E-state index in [0.717, 1.165) is 6.42 Å². The van der Waals surface area contributed by atoms with E-state index >= 15 is 0 Å². The summed E-state index contributed by atoms with van der Waals surface area (Å²) in [6.45, 7) is 9.01. The maximum Gasteiger partial charge on any atom is 0.0284 e. The normalized spacial score (nSPS) is 18.2. The lowest BCUT2D eigenvalue weighted by Gasteiger charge is -2.16. The molecule has 0 nitrogen and oxygen atoms in total. The van der Waals surface area contributed by atoms with Crippen molar-refractivity contribution in [3.63, 3.8) is 0 Å². The molecule has 0 heterocycles. The molecule has 0 radical (unpaired) electrons. The van der Waals surface area contributed by atoms with Gasteiger partial charge in [-0.15, -0.1) is 0 Å². The quantitative estimate of drug-likeness (QED) is 0.290. The third-order valence-electron chi connectivity index (χ3n) is 7.81. The maximum atomic E-state index is 2.53. The Kier molecular flexibility index (Phi) is 5.33. The van der Waals surface area contributed by atoms with Crippen LogP contribution in [0.1, 0.15) is 73.9 Å². The smallest absolute Gasteiger partial charge is 0.0284 e. The lowest BCUT2D eigenvalue weighted by Crippen LogP contribution is -1.99. The summed E-state index contributed by atoms with van der Waals surface area (Å²) in [5.41, 5.74) is 17.0. The minimum absolute atomic E-state index is 0.326. The van der Waals surface area contributed by atoms with Crippen molar-refractivity contribution in [1.82, 2.24) is 0 Å². The molecule has 0 bridgehead atoms. The summed E-state index contributed by atoms with van der Waals surface area (Å²) in [6.07, 6.45) is 6.04. The van der Waals surface area contributed by atoms with Crippen molar-refractivity contribution < 1.29 is 0 Å². The van der Waals surface area contributed by atoms with Crippen LogP contribution in [0.4, 0.5) is 0 Å². The monoisotopic (exact) mass is 452 g/mol. The van der Waals surface area contributed by atoms with Crippen LogP contribution in [0.25, 0.3) is 11.1 Å². The molecule has 0 saturated heterocycles. The van der Waals surface area contributed by atoms with E-state index < -0.39 is 0 Å². The minimum Gasteiger partial charge on any atom is -0.0684 e. The fourth-order valence-electron chi connectivity index (χ4n) is 6.42. The Morgan fingerprint density at radius 1 is 0.514 bits per heavy atom. The minimum atomic E-state index is 0.326. The van der Waals surface area contributed by atoms with Crippen LogP contribution in [0.3, 0.4) is 0 Å². The van der Waals surface area contributed by atoms with Crippen molar-refractivity contribution in [1.29, 1.82) is 0 Å². The number of hydrogen-bond acceptors (Lipinski definition) is 0. The zero-order chi connectivity index (χ0) is 24.1. The molecule has 0 fully saturated rings. The van der Waals surface area contributed by atoms with Crippen LogP contribution >= 0.6 is 0 Å². The van der Waals surface area contributed by atoms with Crippen LogP contribution in [0.2, 0.25) is 0 Å². The fourth-order valence-corrected chi connectivity index (χ4v) is 6.42. The Labute approximate surface area is 209 Å². The third kappa shape index (κ3) is 3.78. The molecule has 0 amide bonds. The maximum absolute atomic E-state index is 2.53. The fraction of sp³-hybridized carbons (Fsp3) is 0.200. The average Bonchev–Trinajstić information content (AvgIpc) is 3.39. The molecule has 0 heteroatoms. The van der Waals surface area contributed by atoms with Crippen LogP contribution < -0.4 is 0 Å². The Balaban J connectivity index is 1.48. The van der Waals surface area contributed by atoms with Gasteiger partial charge in [-0.05, 0) is 89.8 Å². The summed E-state index contributed by atoms with van der Waals surface area (Å²) < 4.78 is 0. The van der Waals surface area contributed by atoms with Crippen LogP contribution in [0.5, 0.6) is 0 Å². The van der Waals surface area contributed by atoms with Gasteiger partial charge in [0.25, 0.3) is 0 Å². The van der Waals surface area contributed by atoms with Gasteiger partial charge >= 0.3 is 0 Å². The predicted molar refractivity (Wildman–Crippen MR) is 149 cm³/mol. The number of aryl methyl sites for hydroxylation is 4. The third-order valence-corrected chi connectivity index (χ3v) is 7.81. The summed E-state index contributed by atoms with van der Waals surface area (Å²) in [5.74, 6) is 0.653. The Hall–Kier alpha value is -3.64. The van der Waals surface area contributed by atoms with Gasteiger partial charge in [0.15, 0.2) is 0 Å². The molecule has 4 aromatic rings. The van der Waals surface area contributed by atoms with Crippen molar-refractivity contribution in [3.8, 4) is 0 Å². The first-order chi connectivity index (χ1) is 17.0. The van der Waals surface area contributed by atoms with E-state index in [9.17, 15) is 0 Å². The number of rotatable bonds is 4. The second-order valence-corrected chi connectivity index (χ2v) is 10.4. The molecule has 6 rings (SSSR count). The van der Waals surface area contributed by atoms with Crippen molar-refractivity contribution in [2.45, 2.75) is 46.0 Å². The van der Waals surface area contributed by atoms with E-state index in [0.29, 0.717) is 11.8 Å². The highest BCUT2D eigenvalue weighted by molar-refractivity contribution is 5.89. The van der Waals surface area contributed by atoms with Gasteiger partial charge in [0.2, 0.25) is 0 Å². The van der Waals surface area contributed by atoms with Gasteiger partial charge in [-0.3, -0.25) is 0 Å². The van der Waals surface area contributed by atoms with Gasteiger partial charge in [-0.1, -0.05) is 108 Å². The standard InChI is InChI=1S/C35H32/c1-22-15-24(3)34-30(17-22)28(20-32(34)26-11-7-5-8-12-26)19-29-21-33(27-13-9-6-10-14-27)35-25(4)16-23(2)18-31(29)35/h5-18,20-21,32-33H,19H2,1-4H3. The van der Waals surface area contributed by atoms with Crippen LogP contribution in [-0.2, 0) is 0 Å². The summed E-state index contributed by atoms with van der Waals surface area (Å²) in [6, 6.07) is 31.5. The van der Waals surface area contributed by atoms with Gasteiger partial charge < -0.3 is 0 Å². The molecular weight excluding hydrogens is 420 g/mol. The summed E-state index contributed by atoms with van der Waals surface area (Å²) >= 11 is 0. The van der Waals surface area contributed by atoms with Gasteiger partial charge in [0.05, 0.1) is 0 Å². The van der Waals surface area contributed by atoms with Crippen LogP contribution in [0.15, 0.2) is 97.1 Å². The zero-order valence-corrected chi connectivity index (χ0v) is 21.1. The Bertz CT molecular complexity index is 1370. The highest BCUT2D eigenvalue weighted by Crippen LogP contribution is 2.49.